The normalized spacial score (nSPS) is 35.2. The zero-order valence-electron chi connectivity index (χ0n) is 11.3. The molecule has 1 saturated heterocycles. The predicted octanol–water partition coefficient (Wildman–Crippen LogP) is 2.84. The number of halogens is 1. The zero-order chi connectivity index (χ0) is 12.6. The predicted molar refractivity (Wildman–Crippen MR) is 74.3 cm³/mol. The van der Waals surface area contributed by atoms with Gasteiger partial charge in [-0.25, -0.2) is 0 Å². The van der Waals surface area contributed by atoms with Gasteiger partial charge in [-0.15, -0.1) is 0 Å². The number of nitrogens with one attached hydrogen (secondary N) is 1. The lowest BCUT2D eigenvalue weighted by Crippen LogP contribution is -2.65. The van der Waals surface area contributed by atoms with E-state index in [-0.39, 0.29) is 5.54 Å². The van der Waals surface area contributed by atoms with Gasteiger partial charge in [-0.2, -0.15) is 0 Å². The van der Waals surface area contributed by atoms with Crippen LogP contribution in [0.3, 0.4) is 0 Å². The fraction of sp³-hybridized carbons (Fsp3) is 0.857. The lowest BCUT2D eigenvalue weighted by Gasteiger charge is -2.48. The van der Waals surface area contributed by atoms with Crippen molar-refractivity contribution in [1.82, 2.24) is 10.2 Å². The molecule has 1 heterocycles. The molecule has 0 aromatic heterocycles. The van der Waals surface area contributed by atoms with Crippen LogP contribution in [-0.2, 0) is 0 Å². The Morgan fingerprint density at radius 2 is 2.18 bits per heavy atom. The molecule has 2 rings (SSSR count). The standard InChI is InChI=1S/C14H25ClN2/c1-10(2)13-7-16-14(4,12-5-6-12)9-17(13)8-11(3)15/h10,12-13,16H,3,5-9H2,1-2,4H3. The van der Waals surface area contributed by atoms with Crippen molar-refractivity contribution in [2.24, 2.45) is 11.8 Å². The van der Waals surface area contributed by atoms with Gasteiger partial charge < -0.3 is 5.32 Å². The summed E-state index contributed by atoms with van der Waals surface area (Å²) in [5, 5.41) is 4.54. The Morgan fingerprint density at radius 3 is 2.65 bits per heavy atom. The van der Waals surface area contributed by atoms with Crippen LogP contribution in [0.1, 0.15) is 33.6 Å². The number of rotatable bonds is 4. The Bertz CT molecular complexity index is 299. The molecule has 2 fully saturated rings. The number of hydrogen-bond donors (Lipinski definition) is 1. The molecule has 0 bridgehead atoms. The average Bonchev–Trinajstić information content (AvgIpc) is 2.98. The van der Waals surface area contributed by atoms with E-state index in [2.05, 4.69) is 37.6 Å². The summed E-state index contributed by atoms with van der Waals surface area (Å²) in [5.41, 5.74) is 0.289. The summed E-state index contributed by atoms with van der Waals surface area (Å²) >= 11 is 6.01. The van der Waals surface area contributed by atoms with Gasteiger partial charge in [-0.1, -0.05) is 32.0 Å². The summed E-state index contributed by atoms with van der Waals surface area (Å²) in [6.45, 7) is 13.8. The van der Waals surface area contributed by atoms with Crippen LogP contribution < -0.4 is 5.32 Å². The molecule has 1 aliphatic carbocycles. The summed E-state index contributed by atoms with van der Waals surface area (Å²) in [6.07, 6.45) is 2.76. The maximum atomic E-state index is 6.01. The zero-order valence-corrected chi connectivity index (χ0v) is 12.1. The molecular weight excluding hydrogens is 232 g/mol. The van der Waals surface area contributed by atoms with E-state index in [4.69, 9.17) is 11.6 Å². The topological polar surface area (TPSA) is 15.3 Å². The van der Waals surface area contributed by atoms with E-state index in [1.807, 2.05) is 0 Å². The van der Waals surface area contributed by atoms with Crippen LogP contribution in [0.25, 0.3) is 0 Å². The van der Waals surface area contributed by atoms with Crippen LogP contribution in [0, 0.1) is 11.8 Å². The SMILES string of the molecule is C=C(Cl)CN1CC(C)(C2CC2)NCC1C(C)C. The Balaban J connectivity index is 2.06. The van der Waals surface area contributed by atoms with Crippen LogP contribution in [0.5, 0.6) is 0 Å². The van der Waals surface area contributed by atoms with Crippen molar-refractivity contribution in [2.45, 2.75) is 45.2 Å². The minimum atomic E-state index is 0.289. The molecule has 0 spiro atoms. The second-order valence-corrected chi connectivity index (χ2v) is 6.84. The van der Waals surface area contributed by atoms with Crippen molar-refractivity contribution < 1.29 is 0 Å². The van der Waals surface area contributed by atoms with Gasteiger partial charge in [0.15, 0.2) is 0 Å². The fourth-order valence-electron chi connectivity index (χ4n) is 3.11. The van der Waals surface area contributed by atoms with Gasteiger partial charge in [0.05, 0.1) is 0 Å². The quantitative estimate of drug-likeness (QED) is 0.832. The molecule has 1 saturated carbocycles. The first kappa shape index (κ1) is 13.4. The molecular formula is C14H25ClN2. The van der Waals surface area contributed by atoms with E-state index >= 15 is 0 Å². The maximum absolute atomic E-state index is 6.01. The first-order valence-electron chi connectivity index (χ1n) is 6.75. The third kappa shape index (κ3) is 3.04. The Labute approximate surface area is 110 Å². The molecule has 2 nitrogen and oxygen atoms in total. The molecule has 17 heavy (non-hydrogen) atoms. The maximum Gasteiger partial charge on any atom is 0.0340 e. The summed E-state index contributed by atoms with van der Waals surface area (Å²) in [5.74, 6) is 1.52. The Kier molecular flexibility index (Phi) is 3.86. The number of nitrogens with zero attached hydrogens (tertiary/aromatic N) is 1. The van der Waals surface area contributed by atoms with Crippen molar-refractivity contribution in [2.75, 3.05) is 19.6 Å². The smallest absolute Gasteiger partial charge is 0.0340 e. The lowest BCUT2D eigenvalue weighted by atomic mass is 9.88. The van der Waals surface area contributed by atoms with Crippen LogP contribution in [0.2, 0.25) is 0 Å². The molecule has 2 aliphatic rings. The highest BCUT2D eigenvalue weighted by atomic mass is 35.5. The van der Waals surface area contributed by atoms with Crippen LogP contribution in [0.15, 0.2) is 11.6 Å². The highest BCUT2D eigenvalue weighted by Crippen LogP contribution is 2.41. The summed E-state index contributed by atoms with van der Waals surface area (Å²) in [4.78, 5) is 2.52. The second-order valence-electron chi connectivity index (χ2n) is 6.31. The van der Waals surface area contributed by atoms with Gasteiger partial charge in [-0.05, 0) is 31.6 Å². The largest absolute Gasteiger partial charge is 0.308 e. The number of piperazine rings is 1. The molecule has 0 aromatic carbocycles. The third-order valence-electron chi connectivity index (χ3n) is 4.34. The van der Waals surface area contributed by atoms with Gasteiger partial charge in [0.2, 0.25) is 0 Å². The highest BCUT2D eigenvalue weighted by molar-refractivity contribution is 6.29. The van der Waals surface area contributed by atoms with Crippen LogP contribution >= 0.6 is 11.6 Å². The summed E-state index contributed by atoms with van der Waals surface area (Å²) in [6, 6.07) is 0.581. The average molecular weight is 257 g/mol. The van der Waals surface area contributed by atoms with Gasteiger partial charge >= 0.3 is 0 Å². The van der Waals surface area contributed by atoms with E-state index < -0.39 is 0 Å². The minimum absolute atomic E-state index is 0.289. The first-order valence-corrected chi connectivity index (χ1v) is 7.12. The molecule has 3 heteroatoms. The van der Waals surface area contributed by atoms with Gasteiger partial charge in [0, 0.05) is 36.2 Å². The highest BCUT2D eigenvalue weighted by Gasteiger charge is 2.46. The van der Waals surface area contributed by atoms with Gasteiger partial charge in [-0.3, -0.25) is 4.90 Å². The molecule has 2 atom stereocenters. The van der Waals surface area contributed by atoms with E-state index in [9.17, 15) is 0 Å². The van der Waals surface area contributed by atoms with Crippen molar-refractivity contribution in [1.29, 1.82) is 0 Å². The fourth-order valence-corrected chi connectivity index (χ4v) is 3.26. The third-order valence-corrected chi connectivity index (χ3v) is 4.46. The summed E-state index contributed by atoms with van der Waals surface area (Å²) < 4.78 is 0. The first-order chi connectivity index (χ1) is 7.92. The van der Waals surface area contributed by atoms with E-state index in [1.165, 1.54) is 12.8 Å². The Morgan fingerprint density at radius 1 is 1.53 bits per heavy atom. The van der Waals surface area contributed by atoms with E-state index in [0.29, 0.717) is 12.0 Å². The van der Waals surface area contributed by atoms with E-state index in [0.717, 1.165) is 30.6 Å². The molecule has 0 radical (unpaired) electrons. The van der Waals surface area contributed by atoms with Gasteiger partial charge in [0.25, 0.3) is 0 Å². The number of hydrogen-bond acceptors (Lipinski definition) is 2. The molecule has 0 amide bonds. The van der Waals surface area contributed by atoms with Crippen molar-refractivity contribution in [3.8, 4) is 0 Å². The Hall–Kier alpha value is -0.0500. The van der Waals surface area contributed by atoms with Crippen molar-refractivity contribution >= 4 is 11.6 Å². The lowest BCUT2D eigenvalue weighted by molar-refractivity contribution is 0.0616. The summed E-state index contributed by atoms with van der Waals surface area (Å²) in [7, 11) is 0. The van der Waals surface area contributed by atoms with Crippen LogP contribution in [0.4, 0.5) is 0 Å². The second kappa shape index (κ2) is 4.91. The molecule has 2 unspecified atom stereocenters. The van der Waals surface area contributed by atoms with Crippen molar-refractivity contribution in [3.05, 3.63) is 11.6 Å². The van der Waals surface area contributed by atoms with Gasteiger partial charge in [0.1, 0.15) is 0 Å². The van der Waals surface area contributed by atoms with Crippen molar-refractivity contribution in [3.63, 3.8) is 0 Å². The van der Waals surface area contributed by atoms with Crippen LogP contribution in [-0.4, -0.2) is 36.1 Å². The van der Waals surface area contributed by atoms with E-state index in [1.54, 1.807) is 0 Å². The molecule has 0 aromatic rings. The molecule has 1 aliphatic heterocycles. The molecule has 98 valence electrons. The molecule has 1 N–H and O–H groups in total. The minimum Gasteiger partial charge on any atom is -0.308 e. The monoisotopic (exact) mass is 256 g/mol.